The molecule has 0 fully saturated rings. The lowest BCUT2D eigenvalue weighted by Crippen LogP contribution is -2.24. The van der Waals surface area contributed by atoms with Gasteiger partial charge in [-0.2, -0.15) is 0 Å². The molecule has 0 saturated carbocycles. The Morgan fingerprint density at radius 2 is 0.596 bits per heavy atom. The fraction of sp³-hybridized carbons (Fsp3) is 0.207. The van der Waals surface area contributed by atoms with E-state index in [-0.39, 0.29) is 59.0 Å². The Labute approximate surface area is 791 Å². The molecule has 4 unspecified atom stereocenters. The topological polar surface area (TPSA) is 249 Å². The molecular formula is C116H92N8O10S2. The van der Waals surface area contributed by atoms with E-state index >= 15 is 0 Å². The zero-order valence-corrected chi connectivity index (χ0v) is 77.4. The average molecular weight is 1820 g/mol. The van der Waals surface area contributed by atoms with Gasteiger partial charge in [-0.15, -0.1) is 23.5 Å². The molecule has 26 rings (SSSR count). The molecule has 4 aromatic heterocycles. The van der Waals surface area contributed by atoms with Crippen LogP contribution in [0.1, 0.15) is 176 Å². The van der Waals surface area contributed by atoms with Crippen LogP contribution >= 0.6 is 23.5 Å². The first-order valence-corrected chi connectivity index (χ1v) is 48.5. The first-order chi connectivity index (χ1) is 66.2. The zero-order valence-electron chi connectivity index (χ0n) is 75.8. The van der Waals surface area contributed by atoms with Crippen LogP contribution in [0.15, 0.2) is 277 Å². The number of aromatic nitrogens is 8. The molecule has 2 N–H and O–H groups in total. The standard InChI is InChI=1S/2C32H28N2O2.2C26H18N2O3S/c1-18-17-36-31-22-12-13-23-21(10-7-15-32(23,2)3)27(22)29-28(26(18)31)34-25-16-20(11-14-24(25)33-29)30(35)19-8-5-4-6-9-19;1-18-17-36-31-22-12-13-23-21(10-7-15-32(23,2)3)27(22)29-28(26(18)31)33-24-14-11-20(16-25(24)34-29)30(35)19-8-5-4-6-9-19;29-17-13-31-25-19-9-5-4-8-18(19)22-23(26(25)32-14-17)27-20-11-10-16(12-21(20)28-22)24(30)15-6-2-1-3-7-15;29-17-13-31-25-19-9-5-4-8-18(19)22-23(26(25)32-14-17)28-21-12-16(10-11-20(21)27-22)24(30)15-6-2-1-3-7-15/h2*4-6,8-9,11-14,16,18H,7,10,15,17H2,1-3H3;2*1-12,17,29H,13-14H2. The quantitative estimate of drug-likeness (QED) is 0.0815. The number of ether oxygens (including phenoxy) is 4. The third-order valence-electron chi connectivity index (χ3n) is 27.7. The molecule has 0 radical (unpaired) electrons. The Hall–Kier alpha value is -14.5. The molecule has 18 nitrogen and oxygen atoms in total. The molecule has 4 aliphatic heterocycles. The van der Waals surface area contributed by atoms with Crippen LogP contribution in [0.25, 0.3) is 131 Å². The summed E-state index contributed by atoms with van der Waals surface area (Å²) < 4.78 is 24.6. The van der Waals surface area contributed by atoms with Crippen LogP contribution in [0.4, 0.5) is 0 Å². The van der Waals surface area contributed by atoms with Crippen LogP contribution in [0, 0.1) is 0 Å². The number of benzene rings is 16. The van der Waals surface area contributed by atoms with Gasteiger partial charge in [-0.3, -0.25) is 19.2 Å². The number of rotatable bonds is 8. The summed E-state index contributed by atoms with van der Waals surface area (Å²) in [5.74, 6) is 4.87. The molecule has 0 spiro atoms. The molecular weight excluding hydrogens is 1730 g/mol. The highest BCUT2D eigenvalue weighted by Gasteiger charge is 2.38. The van der Waals surface area contributed by atoms with Crippen LogP contribution < -0.4 is 18.9 Å². The van der Waals surface area contributed by atoms with Crippen molar-refractivity contribution in [2.75, 3.05) is 37.9 Å². The lowest BCUT2D eigenvalue weighted by atomic mass is 9.71. The summed E-state index contributed by atoms with van der Waals surface area (Å²) in [5, 5.41) is 28.8. The maximum Gasteiger partial charge on any atom is 0.193 e. The number of nitrogens with zero attached hydrogens (tertiary/aromatic N) is 8. The van der Waals surface area contributed by atoms with Crippen molar-refractivity contribution >= 4 is 178 Å². The van der Waals surface area contributed by atoms with Gasteiger partial charge in [-0.1, -0.05) is 236 Å². The molecule has 16 aromatic carbocycles. The normalized spacial score (nSPS) is 17.2. The molecule has 20 aromatic rings. The second-order valence-corrected chi connectivity index (χ2v) is 39.7. The van der Waals surface area contributed by atoms with Crippen LogP contribution in [-0.2, 0) is 23.7 Å². The summed E-state index contributed by atoms with van der Waals surface area (Å²) in [4.78, 5) is 94.5. The van der Waals surface area contributed by atoms with E-state index in [9.17, 15) is 29.4 Å². The Kier molecular flexibility index (Phi) is 21.7. The van der Waals surface area contributed by atoms with Crippen molar-refractivity contribution < 1.29 is 48.3 Å². The highest BCUT2D eigenvalue weighted by Crippen LogP contribution is 2.54. The van der Waals surface area contributed by atoms with E-state index in [0.29, 0.717) is 85.8 Å². The van der Waals surface area contributed by atoms with Gasteiger partial charge in [0, 0.05) is 122 Å². The first-order valence-electron chi connectivity index (χ1n) is 46.5. The number of ketones is 4. The molecule has 4 atom stereocenters. The number of carbonyl (C=O) groups is 4. The Balaban J connectivity index is 0.000000102. The minimum Gasteiger partial charge on any atom is -0.492 e. The lowest BCUT2D eigenvalue weighted by Gasteiger charge is -2.33. The fourth-order valence-electron chi connectivity index (χ4n) is 20.8. The Bertz CT molecular complexity index is 8440. The molecule has 0 saturated heterocycles. The number of hydrogen-bond donors (Lipinski definition) is 2. The van der Waals surface area contributed by atoms with E-state index < -0.39 is 12.2 Å². The van der Waals surface area contributed by atoms with Crippen LogP contribution in [0.3, 0.4) is 0 Å². The summed E-state index contributed by atoms with van der Waals surface area (Å²) in [6.07, 6.45) is 5.68. The van der Waals surface area contributed by atoms with Crippen molar-refractivity contribution in [1.29, 1.82) is 0 Å². The van der Waals surface area contributed by atoms with Crippen molar-refractivity contribution in [2.45, 2.75) is 125 Å². The number of fused-ring (bicyclic) bond motifs is 32. The van der Waals surface area contributed by atoms with Gasteiger partial charge in [0.05, 0.1) is 112 Å². The fourth-order valence-corrected chi connectivity index (χ4v) is 22.9. The second-order valence-electron chi connectivity index (χ2n) is 37.7. The van der Waals surface area contributed by atoms with Gasteiger partial charge in [0.25, 0.3) is 0 Å². The highest BCUT2D eigenvalue weighted by molar-refractivity contribution is 8.00. The third-order valence-corrected chi connectivity index (χ3v) is 30.1. The van der Waals surface area contributed by atoms with Crippen molar-refractivity contribution in [3.8, 4) is 23.0 Å². The van der Waals surface area contributed by atoms with Gasteiger partial charge >= 0.3 is 0 Å². The molecule has 2 aliphatic carbocycles. The number of aryl methyl sites for hydroxylation is 2. The van der Waals surface area contributed by atoms with E-state index in [4.69, 9.17) is 58.8 Å². The highest BCUT2D eigenvalue weighted by atomic mass is 32.2. The van der Waals surface area contributed by atoms with Crippen LogP contribution in [0.2, 0.25) is 0 Å². The number of aliphatic hydroxyl groups is 2. The van der Waals surface area contributed by atoms with Crippen molar-refractivity contribution in [3.05, 3.63) is 345 Å². The zero-order chi connectivity index (χ0) is 92.5. The van der Waals surface area contributed by atoms with Gasteiger partial charge in [0.1, 0.15) is 47.2 Å². The first kappa shape index (κ1) is 85.6. The third kappa shape index (κ3) is 15.1. The van der Waals surface area contributed by atoms with Crippen molar-refractivity contribution in [1.82, 2.24) is 39.9 Å². The minimum absolute atomic E-state index is 0.000593. The van der Waals surface area contributed by atoms with Gasteiger partial charge in [-0.05, 0) is 144 Å². The van der Waals surface area contributed by atoms with E-state index in [2.05, 4.69) is 65.8 Å². The lowest BCUT2D eigenvalue weighted by molar-refractivity contribution is 0.103. The summed E-state index contributed by atoms with van der Waals surface area (Å²) in [6.45, 7) is 15.6. The largest absolute Gasteiger partial charge is 0.492 e. The van der Waals surface area contributed by atoms with Gasteiger partial charge in [0.15, 0.2) is 23.1 Å². The second kappa shape index (κ2) is 34.4. The predicted octanol–water partition coefficient (Wildman–Crippen LogP) is 24.6. The number of hydrogen-bond acceptors (Lipinski definition) is 20. The Morgan fingerprint density at radius 1 is 0.301 bits per heavy atom. The van der Waals surface area contributed by atoms with Crippen LogP contribution in [0.5, 0.6) is 23.0 Å². The molecule has 668 valence electrons. The van der Waals surface area contributed by atoms with Crippen LogP contribution in [-0.4, -0.2) is 123 Å². The number of carbonyl (C=O) groups excluding carboxylic acids is 4. The number of thioether (sulfide) groups is 2. The predicted molar refractivity (Wildman–Crippen MR) is 542 cm³/mol. The molecule has 6 aliphatic rings. The smallest absolute Gasteiger partial charge is 0.193 e. The van der Waals surface area contributed by atoms with Gasteiger partial charge in [0.2, 0.25) is 0 Å². The summed E-state index contributed by atoms with van der Waals surface area (Å²) >= 11 is 3.08. The molecule has 0 amide bonds. The summed E-state index contributed by atoms with van der Waals surface area (Å²) in [5.41, 5.74) is 25.9. The van der Waals surface area contributed by atoms with Gasteiger partial charge < -0.3 is 29.2 Å². The molecule has 0 bridgehead atoms. The van der Waals surface area contributed by atoms with Crippen molar-refractivity contribution in [2.24, 2.45) is 0 Å². The van der Waals surface area contributed by atoms with E-state index in [1.54, 1.807) is 30.0 Å². The minimum atomic E-state index is -0.551. The monoisotopic (exact) mass is 1820 g/mol. The van der Waals surface area contributed by atoms with Crippen molar-refractivity contribution in [3.63, 3.8) is 0 Å². The maximum atomic E-state index is 13.2. The summed E-state index contributed by atoms with van der Waals surface area (Å²) in [6, 6.07) is 84.6. The average Bonchev–Trinajstić information content (AvgIpc) is 1.32. The summed E-state index contributed by atoms with van der Waals surface area (Å²) in [7, 11) is 0. The van der Waals surface area contributed by atoms with Gasteiger partial charge in [-0.25, -0.2) is 39.9 Å². The number of aliphatic hydroxyl groups excluding tert-OH is 2. The van der Waals surface area contributed by atoms with E-state index in [1.807, 2.05) is 224 Å². The molecule has 8 heterocycles. The van der Waals surface area contributed by atoms with E-state index in [1.165, 1.54) is 64.1 Å². The SMILES string of the molecule is CC1COc2c1c1nc3cc(C(=O)c4ccccc4)ccc3nc1c1c3c(ccc21)C(C)(C)CCC3.CC1COc2c1c1nc3ccc(C(=O)c4ccccc4)cc3nc1c1c3c(ccc21)C(C)(C)CCC3.O=C(c1ccccc1)c1ccc2nc3c(nc2c1)c1c(c2ccccc23)OCC(O)CS1.O=C(c1ccccc1)c1ccc2nc3c4c(c5ccccc5c3nc2c1)OCC(O)CS4. The van der Waals surface area contributed by atoms with E-state index in [0.717, 1.165) is 167 Å². The Morgan fingerprint density at radius 3 is 0.963 bits per heavy atom. The molecule has 136 heavy (non-hydrogen) atoms. The maximum absolute atomic E-state index is 13.2. The molecule has 20 heteroatoms.